The van der Waals surface area contributed by atoms with E-state index in [1.54, 1.807) is 14.1 Å². The standard InChI is InChI=1S/C22H21N3O7/c1-25(2)16-11-6-9-5-10-8(7-23)3-4-12(26)14(10)17(27)13(9)19(29)22(11,32)20(30)15(18(16)28)21(24)31/h3-4,9,11,16,26,28-29,32H,5-6H2,1-2H3,(H2,24,31)/t9-,11-,16-,22-/m0/s1. The van der Waals surface area contributed by atoms with Gasteiger partial charge in [-0.2, -0.15) is 5.26 Å². The van der Waals surface area contributed by atoms with Crippen LogP contribution in [0.3, 0.4) is 0 Å². The van der Waals surface area contributed by atoms with Crippen LogP contribution in [0.5, 0.6) is 5.75 Å². The van der Waals surface area contributed by atoms with Crippen molar-refractivity contribution in [3.63, 3.8) is 0 Å². The summed E-state index contributed by atoms with van der Waals surface area (Å²) in [6, 6.07) is 3.50. The third-order valence-corrected chi connectivity index (χ3v) is 6.73. The van der Waals surface area contributed by atoms with Crippen LogP contribution in [0.15, 0.2) is 34.8 Å². The molecular weight excluding hydrogens is 418 g/mol. The molecule has 32 heavy (non-hydrogen) atoms. The highest BCUT2D eigenvalue weighted by atomic mass is 16.3. The number of aromatic hydroxyl groups is 1. The predicted octanol–water partition coefficient (Wildman–Crippen LogP) is -0.00772. The summed E-state index contributed by atoms with van der Waals surface area (Å²) in [5.74, 6) is -7.13. The monoisotopic (exact) mass is 439 g/mol. The van der Waals surface area contributed by atoms with E-state index in [2.05, 4.69) is 0 Å². The molecule has 3 aliphatic rings. The summed E-state index contributed by atoms with van der Waals surface area (Å²) >= 11 is 0. The lowest BCUT2D eigenvalue weighted by molar-refractivity contribution is -0.148. The van der Waals surface area contributed by atoms with Gasteiger partial charge in [0.15, 0.2) is 11.4 Å². The first kappa shape index (κ1) is 21.5. The molecule has 4 rings (SSSR count). The van der Waals surface area contributed by atoms with Crippen molar-refractivity contribution in [2.75, 3.05) is 14.1 Å². The van der Waals surface area contributed by atoms with Gasteiger partial charge in [0.1, 0.15) is 22.8 Å². The number of carbonyl (C=O) groups is 3. The van der Waals surface area contributed by atoms with Crippen LogP contribution in [0.4, 0.5) is 0 Å². The first-order valence-corrected chi connectivity index (χ1v) is 9.86. The SMILES string of the molecule is CN(C)[C@@H]1C(O)=C(C(N)=O)C(=O)[C@@]2(O)C(O)=C3C(=O)c4c(O)ccc(C#N)c4C[C@H]3C[C@@H]12. The summed E-state index contributed by atoms with van der Waals surface area (Å²) < 4.78 is 0. The van der Waals surface area contributed by atoms with E-state index < -0.39 is 63.8 Å². The van der Waals surface area contributed by atoms with Gasteiger partial charge < -0.3 is 26.2 Å². The fourth-order valence-electron chi connectivity index (χ4n) is 5.36. The number of primary amides is 1. The quantitative estimate of drug-likeness (QED) is 0.395. The molecule has 3 aliphatic carbocycles. The smallest absolute Gasteiger partial charge is 0.255 e. The summed E-state index contributed by atoms with van der Waals surface area (Å²) in [6.45, 7) is 0. The van der Waals surface area contributed by atoms with Gasteiger partial charge in [-0.25, -0.2) is 0 Å². The van der Waals surface area contributed by atoms with E-state index in [0.717, 1.165) is 0 Å². The van der Waals surface area contributed by atoms with Crippen LogP contribution in [-0.2, 0) is 16.0 Å². The van der Waals surface area contributed by atoms with E-state index in [1.807, 2.05) is 6.07 Å². The van der Waals surface area contributed by atoms with Gasteiger partial charge in [-0.3, -0.25) is 19.3 Å². The number of fused-ring (bicyclic) bond motifs is 3. The van der Waals surface area contributed by atoms with Crippen LogP contribution >= 0.6 is 0 Å². The van der Waals surface area contributed by atoms with Gasteiger partial charge in [-0.1, -0.05) is 0 Å². The minimum Gasteiger partial charge on any atom is -0.510 e. The fraction of sp³-hybridized carbons (Fsp3) is 0.364. The van der Waals surface area contributed by atoms with Gasteiger partial charge in [-0.05, 0) is 50.6 Å². The lowest BCUT2D eigenvalue weighted by Gasteiger charge is -2.50. The highest BCUT2D eigenvalue weighted by Gasteiger charge is 2.63. The number of aliphatic hydroxyl groups excluding tert-OH is 2. The molecule has 0 fully saturated rings. The lowest BCUT2D eigenvalue weighted by atomic mass is 9.58. The van der Waals surface area contributed by atoms with E-state index in [1.165, 1.54) is 17.0 Å². The Kier molecular flexibility index (Phi) is 4.66. The first-order valence-electron chi connectivity index (χ1n) is 9.86. The topological polar surface area (TPSA) is 185 Å². The van der Waals surface area contributed by atoms with Crippen LogP contribution in [0.1, 0.15) is 27.9 Å². The number of nitrogens with zero attached hydrogens (tertiary/aromatic N) is 2. The van der Waals surface area contributed by atoms with Crippen molar-refractivity contribution in [1.82, 2.24) is 4.90 Å². The van der Waals surface area contributed by atoms with Crippen LogP contribution in [0.25, 0.3) is 0 Å². The zero-order chi connectivity index (χ0) is 23.7. The number of nitrogens with two attached hydrogens (primary N) is 1. The Morgan fingerprint density at radius 3 is 2.47 bits per heavy atom. The number of amides is 1. The molecule has 0 radical (unpaired) electrons. The van der Waals surface area contributed by atoms with Gasteiger partial charge >= 0.3 is 0 Å². The molecule has 0 bridgehead atoms. The molecule has 6 N–H and O–H groups in total. The van der Waals surface area contributed by atoms with Crippen LogP contribution in [0, 0.1) is 23.2 Å². The second-order valence-corrected chi connectivity index (χ2v) is 8.56. The van der Waals surface area contributed by atoms with Crippen molar-refractivity contribution in [3.8, 4) is 11.8 Å². The molecule has 0 saturated carbocycles. The Balaban J connectivity index is 1.99. The third kappa shape index (κ3) is 2.55. The number of rotatable bonds is 2. The summed E-state index contributed by atoms with van der Waals surface area (Å²) in [5.41, 5.74) is 1.82. The molecule has 0 heterocycles. The number of phenols is 1. The molecule has 166 valence electrons. The summed E-state index contributed by atoms with van der Waals surface area (Å²) in [4.78, 5) is 39.8. The van der Waals surface area contributed by atoms with Crippen LogP contribution in [-0.4, -0.2) is 68.5 Å². The minimum atomic E-state index is -2.67. The first-order chi connectivity index (χ1) is 15.0. The highest BCUT2D eigenvalue weighted by Crippen LogP contribution is 2.52. The number of Topliss-reactive ketones (excluding diaryl/α,β-unsaturated/α-hetero) is 2. The average Bonchev–Trinajstić information content (AvgIpc) is 2.70. The predicted molar refractivity (Wildman–Crippen MR) is 108 cm³/mol. The second-order valence-electron chi connectivity index (χ2n) is 8.56. The number of benzene rings is 1. The number of aliphatic hydroxyl groups is 3. The zero-order valence-electron chi connectivity index (χ0n) is 17.3. The maximum atomic E-state index is 13.3. The third-order valence-electron chi connectivity index (χ3n) is 6.73. The lowest BCUT2D eigenvalue weighted by Crippen LogP contribution is -2.63. The van der Waals surface area contributed by atoms with E-state index in [4.69, 9.17) is 5.73 Å². The molecular formula is C22H21N3O7. The Hall–Kier alpha value is -3.68. The largest absolute Gasteiger partial charge is 0.510 e. The van der Waals surface area contributed by atoms with Gasteiger partial charge in [0.2, 0.25) is 5.78 Å². The Labute approximate surface area is 182 Å². The van der Waals surface area contributed by atoms with Crippen molar-refractivity contribution in [2.24, 2.45) is 17.6 Å². The molecule has 10 nitrogen and oxygen atoms in total. The molecule has 1 amide bonds. The molecule has 4 atom stereocenters. The van der Waals surface area contributed by atoms with Crippen molar-refractivity contribution in [1.29, 1.82) is 5.26 Å². The summed E-state index contributed by atoms with van der Waals surface area (Å²) in [7, 11) is 3.11. The number of ketones is 2. The number of hydrogen-bond acceptors (Lipinski definition) is 9. The molecule has 10 heteroatoms. The number of phenolic OH excluding ortho intramolecular Hbond substituents is 1. The maximum Gasteiger partial charge on any atom is 0.255 e. The molecule has 0 aliphatic heterocycles. The highest BCUT2D eigenvalue weighted by molar-refractivity contribution is 6.24. The van der Waals surface area contributed by atoms with E-state index in [0.29, 0.717) is 5.56 Å². The van der Waals surface area contributed by atoms with Crippen molar-refractivity contribution in [2.45, 2.75) is 24.5 Å². The summed E-state index contributed by atoms with van der Waals surface area (Å²) in [5, 5.41) is 52.9. The minimum absolute atomic E-state index is 0.0215. The molecule has 0 unspecified atom stereocenters. The van der Waals surface area contributed by atoms with Gasteiger partial charge in [0.05, 0.1) is 23.2 Å². The average molecular weight is 439 g/mol. The Bertz CT molecular complexity index is 1210. The number of carbonyl (C=O) groups excluding carboxylic acids is 3. The van der Waals surface area contributed by atoms with E-state index in [-0.39, 0.29) is 29.5 Å². The van der Waals surface area contributed by atoms with Gasteiger partial charge in [-0.15, -0.1) is 0 Å². The molecule has 0 saturated heterocycles. The Morgan fingerprint density at radius 1 is 1.25 bits per heavy atom. The number of likely N-dealkylation sites (N-methyl/N-ethyl adjacent to an activating group) is 1. The number of allylic oxidation sites excluding steroid dienone is 1. The normalized spacial score (nSPS) is 29.4. The molecule has 1 aromatic rings. The van der Waals surface area contributed by atoms with Crippen LogP contribution < -0.4 is 5.73 Å². The molecule has 0 aromatic heterocycles. The summed E-state index contributed by atoms with van der Waals surface area (Å²) in [6.07, 6.45) is 0.0676. The molecule has 1 aromatic carbocycles. The van der Waals surface area contributed by atoms with Crippen molar-refractivity contribution >= 4 is 17.5 Å². The van der Waals surface area contributed by atoms with Crippen molar-refractivity contribution < 1.29 is 34.8 Å². The number of nitriles is 1. The molecule has 0 spiro atoms. The van der Waals surface area contributed by atoms with Crippen molar-refractivity contribution in [3.05, 3.63) is 51.5 Å². The second kappa shape index (κ2) is 6.91. The van der Waals surface area contributed by atoms with Crippen LogP contribution in [0.2, 0.25) is 0 Å². The van der Waals surface area contributed by atoms with E-state index >= 15 is 0 Å². The zero-order valence-corrected chi connectivity index (χ0v) is 17.3. The number of hydrogen-bond donors (Lipinski definition) is 5. The fourth-order valence-corrected chi connectivity index (χ4v) is 5.36. The van der Waals surface area contributed by atoms with Gasteiger partial charge in [0.25, 0.3) is 5.91 Å². The van der Waals surface area contributed by atoms with Gasteiger partial charge in [0, 0.05) is 11.5 Å². The van der Waals surface area contributed by atoms with E-state index in [9.17, 15) is 40.1 Å². The Morgan fingerprint density at radius 2 is 1.91 bits per heavy atom. The maximum absolute atomic E-state index is 13.3.